The second-order valence-corrected chi connectivity index (χ2v) is 4.62. The number of nitrogens with one attached hydrogen (secondary N) is 2. The van der Waals surface area contributed by atoms with E-state index in [0.717, 1.165) is 12.1 Å². The zero-order chi connectivity index (χ0) is 16.2. The van der Waals surface area contributed by atoms with Crippen LogP contribution in [0.1, 0.15) is 10.6 Å². The Morgan fingerprint density at radius 1 is 1.04 bits per heavy atom. The van der Waals surface area contributed by atoms with Crippen LogP contribution < -0.4 is 10.6 Å². The number of carbonyl (C=O) groups excluding carboxylic acids is 1. The number of aromatic nitrogens is 1. The van der Waals surface area contributed by atoms with E-state index in [1.165, 1.54) is 18.5 Å². The van der Waals surface area contributed by atoms with Crippen molar-refractivity contribution in [2.45, 2.75) is 0 Å². The number of anilines is 3. The molecular formula is C16H11F2N3O2. The summed E-state index contributed by atoms with van der Waals surface area (Å²) in [5, 5.41) is 5.45. The van der Waals surface area contributed by atoms with Gasteiger partial charge in [-0.3, -0.25) is 4.79 Å². The van der Waals surface area contributed by atoms with Crippen LogP contribution in [0.4, 0.5) is 26.0 Å². The van der Waals surface area contributed by atoms with Crippen molar-refractivity contribution in [1.29, 1.82) is 0 Å². The van der Waals surface area contributed by atoms with Gasteiger partial charge in [-0.2, -0.15) is 0 Å². The van der Waals surface area contributed by atoms with Crippen molar-refractivity contribution in [3.63, 3.8) is 0 Å². The molecule has 0 aliphatic carbocycles. The van der Waals surface area contributed by atoms with Crippen LogP contribution in [0.2, 0.25) is 0 Å². The highest BCUT2D eigenvalue weighted by Gasteiger charge is 2.09. The van der Waals surface area contributed by atoms with Gasteiger partial charge in [-0.1, -0.05) is 0 Å². The van der Waals surface area contributed by atoms with Gasteiger partial charge < -0.3 is 15.1 Å². The molecule has 0 saturated carbocycles. The lowest BCUT2D eigenvalue weighted by Crippen LogP contribution is -2.11. The maximum Gasteiger partial charge on any atom is 0.291 e. The van der Waals surface area contributed by atoms with E-state index in [9.17, 15) is 13.6 Å². The Balaban J connectivity index is 1.67. The fraction of sp³-hybridized carbons (Fsp3) is 0. The van der Waals surface area contributed by atoms with Gasteiger partial charge in [-0.15, -0.1) is 0 Å². The molecule has 0 unspecified atom stereocenters. The predicted octanol–water partition coefficient (Wildman–Crippen LogP) is 3.95. The van der Waals surface area contributed by atoms with E-state index in [4.69, 9.17) is 4.42 Å². The van der Waals surface area contributed by atoms with Crippen molar-refractivity contribution in [1.82, 2.24) is 4.98 Å². The summed E-state index contributed by atoms with van der Waals surface area (Å²) in [5.74, 6) is -1.64. The SMILES string of the molecule is O=C(Nc1ccc(Nc2ccc(F)c(F)c2)nc1)c1ccco1. The Labute approximate surface area is 130 Å². The van der Waals surface area contributed by atoms with Crippen LogP contribution in [0, 0.1) is 11.6 Å². The van der Waals surface area contributed by atoms with Crippen molar-refractivity contribution in [3.05, 3.63) is 72.3 Å². The molecule has 0 radical (unpaired) electrons. The Morgan fingerprint density at radius 3 is 2.52 bits per heavy atom. The minimum Gasteiger partial charge on any atom is -0.459 e. The summed E-state index contributed by atoms with van der Waals surface area (Å²) in [7, 11) is 0. The molecule has 116 valence electrons. The van der Waals surface area contributed by atoms with Crippen molar-refractivity contribution < 1.29 is 18.0 Å². The van der Waals surface area contributed by atoms with Crippen LogP contribution in [-0.4, -0.2) is 10.9 Å². The zero-order valence-corrected chi connectivity index (χ0v) is 11.7. The third kappa shape index (κ3) is 3.52. The van der Waals surface area contributed by atoms with Crippen molar-refractivity contribution >= 4 is 23.1 Å². The molecule has 3 aromatic rings. The first kappa shape index (κ1) is 14.7. The Morgan fingerprint density at radius 2 is 1.87 bits per heavy atom. The number of amides is 1. The summed E-state index contributed by atoms with van der Waals surface area (Å²) >= 11 is 0. The number of hydrogen-bond donors (Lipinski definition) is 2. The molecule has 0 aliphatic heterocycles. The second kappa shape index (κ2) is 6.27. The number of pyridine rings is 1. The third-order valence-electron chi connectivity index (χ3n) is 2.96. The molecule has 1 amide bonds. The predicted molar refractivity (Wildman–Crippen MR) is 80.5 cm³/mol. The second-order valence-electron chi connectivity index (χ2n) is 4.62. The highest BCUT2D eigenvalue weighted by Crippen LogP contribution is 2.19. The largest absolute Gasteiger partial charge is 0.459 e. The summed E-state index contributed by atoms with van der Waals surface area (Å²) in [5.41, 5.74) is 0.839. The fourth-order valence-corrected chi connectivity index (χ4v) is 1.86. The zero-order valence-electron chi connectivity index (χ0n) is 11.7. The maximum atomic E-state index is 13.1. The standard InChI is InChI=1S/C16H11F2N3O2/c17-12-5-3-10(8-13(12)18)20-15-6-4-11(9-19-15)21-16(22)14-2-1-7-23-14/h1-9H,(H,19,20)(H,21,22). The first-order valence-corrected chi connectivity index (χ1v) is 6.65. The topological polar surface area (TPSA) is 67.2 Å². The molecule has 0 saturated heterocycles. The molecule has 0 spiro atoms. The molecule has 23 heavy (non-hydrogen) atoms. The van der Waals surface area contributed by atoms with Gasteiger partial charge in [0.1, 0.15) is 5.82 Å². The molecule has 7 heteroatoms. The van der Waals surface area contributed by atoms with Crippen molar-refractivity contribution in [2.75, 3.05) is 10.6 Å². The number of halogens is 2. The molecule has 0 fully saturated rings. The van der Waals surface area contributed by atoms with E-state index in [1.54, 1.807) is 24.3 Å². The first-order valence-electron chi connectivity index (χ1n) is 6.65. The molecule has 3 rings (SSSR count). The quantitative estimate of drug-likeness (QED) is 0.765. The van der Waals surface area contributed by atoms with Gasteiger partial charge in [0, 0.05) is 11.8 Å². The smallest absolute Gasteiger partial charge is 0.291 e. The van der Waals surface area contributed by atoms with E-state index in [2.05, 4.69) is 15.6 Å². The average molecular weight is 315 g/mol. The summed E-state index contributed by atoms with van der Waals surface area (Å²) in [6.07, 6.45) is 2.84. The Bertz CT molecular complexity index is 818. The van der Waals surface area contributed by atoms with E-state index in [0.29, 0.717) is 17.2 Å². The van der Waals surface area contributed by atoms with Crippen molar-refractivity contribution in [3.8, 4) is 0 Å². The lowest BCUT2D eigenvalue weighted by molar-refractivity contribution is 0.0996. The van der Waals surface area contributed by atoms with E-state index in [1.807, 2.05) is 0 Å². The van der Waals surface area contributed by atoms with Gasteiger partial charge in [0.2, 0.25) is 0 Å². The van der Waals surface area contributed by atoms with Gasteiger partial charge in [-0.25, -0.2) is 13.8 Å². The molecule has 2 aromatic heterocycles. The number of carbonyl (C=O) groups is 1. The molecule has 2 heterocycles. The van der Waals surface area contributed by atoms with Crippen LogP contribution in [0.3, 0.4) is 0 Å². The molecule has 2 N–H and O–H groups in total. The van der Waals surface area contributed by atoms with E-state index >= 15 is 0 Å². The number of nitrogens with zero attached hydrogens (tertiary/aromatic N) is 1. The molecular weight excluding hydrogens is 304 g/mol. The molecule has 1 aromatic carbocycles. The van der Waals surface area contributed by atoms with Gasteiger partial charge in [-0.05, 0) is 36.4 Å². The van der Waals surface area contributed by atoms with Gasteiger partial charge in [0.05, 0.1) is 18.1 Å². The number of benzene rings is 1. The normalized spacial score (nSPS) is 10.3. The van der Waals surface area contributed by atoms with Crippen LogP contribution in [-0.2, 0) is 0 Å². The molecule has 0 bridgehead atoms. The van der Waals surface area contributed by atoms with Gasteiger partial charge in [0.25, 0.3) is 5.91 Å². The molecule has 0 aliphatic rings. The monoisotopic (exact) mass is 315 g/mol. The van der Waals surface area contributed by atoms with Crippen molar-refractivity contribution in [2.24, 2.45) is 0 Å². The highest BCUT2D eigenvalue weighted by molar-refractivity contribution is 6.02. The fourth-order valence-electron chi connectivity index (χ4n) is 1.86. The lowest BCUT2D eigenvalue weighted by Gasteiger charge is -2.07. The minimum atomic E-state index is -0.947. The Hall–Kier alpha value is -3.22. The third-order valence-corrected chi connectivity index (χ3v) is 2.96. The van der Waals surface area contributed by atoms with Gasteiger partial charge >= 0.3 is 0 Å². The number of rotatable bonds is 4. The van der Waals surface area contributed by atoms with Crippen LogP contribution in [0.15, 0.2) is 59.3 Å². The highest BCUT2D eigenvalue weighted by atomic mass is 19.2. The maximum absolute atomic E-state index is 13.1. The summed E-state index contributed by atoms with van der Waals surface area (Å²) in [6.45, 7) is 0. The lowest BCUT2D eigenvalue weighted by atomic mass is 10.3. The van der Waals surface area contributed by atoms with E-state index in [-0.39, 0.29) is 5.76 Å². The summed E-state index contributed by atoms with van der Waals surface area (Å²) in [6, 6.07) is 9.82. The van der Waals surface area contributed by atoms with Crippen LogP contribution in [0.5, 0.6) is 0 Å². The minimum absolute atomic E-state index is 0.189. The number of furan rings is 1. The van der Waals surface area contributed by atoms with Crippen LogP contribution >= 0.6 is 0 Å². The Kier molecular flexibility index (Phi) is 4.01. The average Bonchev–Trinajstić information content (AvgIpc) is 3.07. The first-order chi connectivity index (χ1) is 11.1. The van der Waals surface area contributed by atoms with Gasteiger partial charge in [0.15, 0.2) is 17.4 Å². The molecule has 0 atom stereocenters. The molecule has 5 nitrogen and oxygen atoms in total. The number of hydrogen-bond acceptors (Lipinski definition) is 4. The summed E-state index contributed by atoms with van der Waals surface area (Å²) in [4.78, 5) is 15.9. The van der Waals surface area contributed by atoms with E-state index < -0.39 is 17.5 Å². The van der Waals surface area contributed by atoms with Crippen LogP contribution in [0.25, 0.3) is 0 Å². The summed E-state index contributed by atoms with van der Waals surface area (Å²) < 4.78 is 31.0.